The van der Waals surface area contributed by atoms with Gasteiger partial charge in [-0.25, -0.2) is 9.37 Å². The van der Waals surface area contributed by atoms with Crippen LogP contribution in [-0.4, -0.2) is 22.8 Å². The van der Waals surface area contributed by atoms with Crippen molar-refractivity contribution in [3.05, 3.63) is 29.8 Å². The lowest BCUT2D eigenvalue weighted by molar-refractivity contribution is 0.183. The predicted molar refractivity (Wildman–Crippen MR) is 72.8 cm³/mol. The average Bonchev–Trinajstić information content (AvgIpc) is 3.03. The Hall–Kier alpha value is -1.13. The van der Waals surface area contributed by atoms with E-state index in [1.807, 2.05) is 10.6 Å². The molecule has 0 saturated carbocycles. The number of aryl methyl sites for hydroxylation is 1. The van der Waals surface area contributed by atoms with Crippen LogP contribution in [0.3, 0.4) is 0 Å². The summed E-state index contributed by atoms with van der Waals surface area (Å²) in [4.78, 5) is 4.30. The maximum absolute atomic E-state index is 13.7. The SMILES string of the molecule is Fc1cccc2c1nc(CCl)n2CCC1CCOC1. The first kappa shape index (κ1) is 12.9. The maximum atomic E-state index is 13.7. The van der Waals surface area contributed by atoms with E-state index in [0.717, 1.165) is 43.9 Å². The number of alkyl halides is 1. The van der Waals surface area contributed by atoms with Gasteiger partial charge in [-0.2, -0.15) is 0 Å². The zero-order valence-electron chi connectivity index (χ0n) is 10.6. The first-order valence-corrected chi connectivity index (χ1v) is 7.10. The molecule has 1 unspecified atom stereocenters. The van der Waals surface area contributed by atoms with E-state index in [4.69, 9.17) is 16.3 Å². The molecule has 1 saturated heterocycles. The Morgan fingerprint density at radius 1 is 1.47 bits per heavy atom. The number of benzene rings is 1. The zero-order chi connectivity index (χ0) is 13.2. The monoisotopic (exact) mass is 282 g/mol. The lowest BCUT2D eigenvalue weighted by Gasteiger charge is -2.11. The van der Waals surface area contributed by atoms with Gasteiger partial charge in [0.15, 0.2) is 5.82 Å². The fourth-order valence-corrected chi connectivity index (χ4v) is 2.84. The number of rotatable bonds is 4. The average molecular weight is 283 g/mol. The second-order valence-corrected chi connectivity index (χ2v) is 5.21. The maximum Gasteiger partial charge on any atom is 0.151 e. The number of imidazole rings is 1. The molecule has 5 heteroatoms. The second-order valence-electron chi connectivity index (χ2n) is 4.94. The molecule has 1 fully saturated rings. The number of fused-ring (bicyclic) bond motifs is 1. The van der Waals surface area contributed by atoms with Crippen molar-refractivity contribution in [2.45, 2.75) is 25.3 Å². The highest BCUT2D eigenvalue weighted by Gasteiger charge is 2.18. The van der Waals surface area contributed by atoms with Crippen molar-refractivity contribution in [3.63, 3.8) is 0 Å². The quantitative estimate of drug-likeness (QED) is 0.804. The van der Waals surface area contributed by atoms with E-state index in [-0.39, 0.29) is 5.82 Å². The molecule has 1 aliphatic heterocycles. The minimum atomic E-state index is -0.285. The van der Waals surface area contributed by atoms with E-state index < -0.39 is 0 Å². The van der Waals surface area contributed by atoms with Crippen LogP contribution in [0, 0.1) is 11.7 Å². The number of ether oxygens (including phenoxy) is 1. The summed E-state index contributed by atoms with van der Waals surface area (Å²) in [7, 11) is 0. The van der Waals surface area contributed by atoms with Crippen molar-refractivity contribution < 1.29 is 9.13 Å². The van der Waals surface area contributed by atoms with Gasteiger partial charge >= 0.3 is 0 Å². The highest BCUT2D eigenvalue weighted by molar-refractivity contribution is 6.16. The number of aromatic nitrogens is 2. The van der Waals surface area contributed by atoms with Crippen LogP contribution >= 0.6 is 11.6 Å². The van der Waals surface area contributed by atoms with Gasteiger partial charge in [0.2, 0.25) is 0 Å². The Labute approximate surface area is 116 Å². The van der Waals surface area contributed by atoms with Gasteiger partial charge in [0.1, 0.15) is 11.3 Å². The Bertz CT molecular complexity index is 578. The van der Waals surface area contributed by atoms with Crippen LogP contribution in [0.25, 0.3) is 11.0 Å². The molecule has 1 aromatic carbocycles. The van der Waals surface area contributed by atoms with Crippen molar-refractivity contribution in [2.75, 3.05) is 13.2 Å². The molecule has 0 radical (unpaired) electrons. The highest BCUT2D eigenvalue weighted by atomic mass is 35.5. The van der Waals surface area contributed by atoms with Crippen LogP contribution in [-0.2, 0) is 17.2 Å². The molecule has 0 N–H and O–H groups in total. The van der Waals surface area contributed by atoms with Gasteiger partial charge in [-0.1, -0.05) is 6.07 Å². The molecular weight excluding hydrogens is 267 g/mol. The number of para-hydroxylation sites is 1. The molecule has 19 heavy (non-hydrogen) atoms. The van der Waals surface area contributed by atoms with E-state index >= 15 is 0 Å². The molecule has 0 amide bonds. The minimum absolute atomic E-state index is 0.285. The standard InChI is InChI=1S/C14H16ClFN2O/c15-8-13-17-14-11(16)2-1-3-12(14)18(13)6-4-10-5-7-19-9-10/h1-3,10H,4-9H2. The molecule has 1 aliphatic rings. The van der Waals surface area contributed by atoms with E-state index in [1.54, 1.807) is 6.07 Å². The summed E-state index contributed by atoms with van der Waals surface area (Å²) < 4.78 is 21.1. The third kappa shape index (κ3) is 2.47. The van der Waals surface area contributed by atoms with Crippen LogP contribution in [0.2, 0.25) is 0 Å². The Morgan fingerprint density at radius 3 is 3.11 bits per heavy atom. The summed E-state index contributed by atoms with van der Waals surface area (Å²) in [6.07, 6.45) is 2.13. The normalized spacial score (nSPS) is 19.4. The van der Waals surface area contributed by atoms with E-state index in [2.05, 4.69) is 4.98 Å². The smallest absolute Gasteiger partial charge is 0.151 e. The van der Waals surface area contributed by atoms with Gasteiger partial charge in [0, 0.05) is 19.8 Å². The molecule has 0 spiro atoms. The van der Waals surface area contributed by atoms with Crippen LogP contribution < -0.4 is 0 Å². The lowest BCUT2D eigenvalue weighted by Crippen LogP contribution is -2.08. The first-order valence-electron chi connectivity index (χ1n) is 6.57. The summed E-state index contributed by atoms with van der Waals surface area (Å²) in [6.45, 7) is 2.50. The van der Waals surface area contributed by atoms with E-state index in [1.165, 1.54) is 6.07 Å². The molecule has 3 rings (SSSR count). The van der Waals surface area contributed by atoms with Gasteiger partial charge < -0.3 is 9.30 Å². The fraction of sp³-hybridized carbons (Fsp3) is 0.500. The minimum Gasteiger partial charge on any atom is -0.381 e. The van der Waals surface area contributed by atoms with Crippen LogP contribution in [0.4, 0.5) is 4.39 Å². The number of hydrogen-bond acceptors (Lipinski definition) is 2. The summed E-state index contributed by atoms with van der Waals surface area (Å²) in [5.74, 6) is 1.34. The topological polar surface area (TPSA) is 27.1 Å². The second kappa shape index (κ2) is 5.47. The van der Waals surface area contributed by atoms with E-state index in [9.17, 15) is 4.39 Å². The third-order valence-electron chi connectivity index (χ3n) is 3.71. The van der Waals surface area contributed by atoms with E-state index in [0.29, 0.717) is 17.3 Å². The highest BCUT2D eigenvalue weighted by Crippen LogP contribution is 2.23. The van der Waals surface area contributed by atoms with Crippen molar-refractivity contribution in [1.29, 1.82) is 0 Å². The molecule has 1 aromatic heterocycles. The van der Waals surface area contributed by atoms with Crippen molar-refractivity contribution in [2.24, 2.45) is 5.92 Å². The van der Waals surface area contributed by atoms with Crippen LogP contribution in [0.15, 0.2) is 18.2 Å². The lowest BCUT2D eigenvalue weighted by atomic mass is 10.1. The van der Waals surface area contributed by atoms with Gasteiger partial charge in [-0.15, -0.1) is 11.6 Å². The Kier molecular flexibility index (Phi) is 3.71. The number of nitrogens with zero attached hydrogens (tertiary/aromatic N) is 2. The molecule has 1 atom stereocenters. The largest absolute Gasteiger partial charge is 0.381 e. The van der Waals surface area contributed by atoms with Gasteiger partial charge in [0.05, 0.1) is 11.4 Å². The number of halogens is 2. The molecule has 0 bridgehead atoms. The predicted octanol–water partition coefficient (Wildman–Crippen LogP) is 3.34. The third-order valence-corrected chi connectivity index (χ3v) is 3.95. The fourth-order valence-electron chi connectivity index (χ4n) is 2.64. The molecule has 2 heterocycles. The molecular formula is C14H16ClFN2O. The Balaban J connectivity index is 1.89. The Morgan fingerprint density at radius 2 is 2.37 bits per heavy atom. The van der Waals surface area contributed by atoms with Crippen molar-refractivity contribution in [3.8, 4) is 0 Å². The van der Waals surface area contributed by atoms with Crippen molar-refractivity contribution in [1.82, 2.24) is 9.55 Å². The van der Waals surface area contributed by atoms with Crippen LogP contribution in [0.1, 0.15) is 18.7 Å². The zero-order valence-corrected chi connectivity index (χ0v) is 11.4. The first-order chi connectivity index (χ1) is 9.29. The van der Waals surface area contributed by atoms with Gasteiger partial charge in [-0.05, 0) is 30.9 Å². The molecule has 3 nitrogen and oxygen atoms in total. The molecule has 0 aliphatic carbocycles. The number of hydrogen-bond donors (Lipinski definition) is 0. The van der Waals surface area contributed by atoms with Crippen molar-refractivity contribution >= 4 is 22.6 Å². The summed E-state index contributed by atoms with van der Waals surface area (Å²) >= 11 is 5.92. The summed E-state index contributed by atoms with van der Waals surface area (Å²) in [5, 5.41) is 0. The summed E-state index contributed by atoms with van der Waals surface area (Å²) in [6, 6.07) is 5.04. The summed E-state index contributed by atoms with van der Waals surface area (Å²) in [5.41, 5.74) is 1.25. The van der Waals surface area contributed by atoms with Gasteiger partial charge in [0.25, 0.3) is 0 Å². The van der Waals surface area contributed by atoms with Gasteiger partial charge in [-0.3, -0.25) is 0 Å². The molecule has 102 valence electrons. The molecule has 2 aromatic rings. The van der Waals surface area contributed by atoms with Crippen LogP contribution in [0.5, 0.6) is 0 Å².